The molecule has 0 fully saturated rings. The molecular formula is C9H12N4OS. The van der Waals surface area contributed by atoms with Crippen molar-refractivity contribution < 1.29 is 4.79 Å². The van der Waals surface area contributed by atoms with E-state index in [1.54, 1.807) is 6.20 Å². The fourth-order valence-corrected chi connectivity index (χ4v) is 2.20. The Bertz CT molecular complexity index is 410. The SMILES string of the molecule is CC(=O)N1N=C(c2cnns2)CC1(C)C. The first-order valence-electron chi connectivity index (χ1n) is 4.67. The highest BCUT2D eigenvalue weighted by molar-refractivity contribution is 7.07. The van der Waals surface area contributed by atoms with Crippen LogP contribution in [0, 0.1) is 0 Å². The molecule has 6 heteroatoms. The van der Waals surface area contributed by atoms with E-state index in [9.17, 15) is 4.79 Å². The van der Waals surface area contributed by atoms with Crippen molar-refractivity contribution in [3.8, 4) is 0 Å². The van der Waals surface area contributed by atoms with Crippen molar-refractivity contribution in [2.24, 2.45) is 5.10 Å². The van der Waals surface area contributed by atoms with Gasteiger partial charge in [0, 0.05) is 13.3 Å². The summed E-state index contributed by atoms with van der Waals surface area (Å²) >= 11 is 1.30. The van der Waals surface area contributed by atoms with Gasteiger partial charge < -0.3 is 0 Å². The molecule has 1 aromatic rings. The Hall–Kier alpha value is -1.30. The van der Waals surface area contributed by atoms with E-state index in [0.29, 0.717) is 0 Å². The average Bonchev–Trinajstić information content (AvgIpc) is 2.69. The lowest BCUT2D eigenvalue weighted by molar-refractivity contribution is -0.132. The third-order valence-corrected chi connectivity index (χ3v) is 3.05. The van der Waals surface area contributed by atoms with Crippen molar-refractivity contribution in [1.29, 1.82) is 0 Å². The number of hydrazone groups is 1. The monoisotopic (exact) mass is 224 g/mol. The fraction of sp³-hybridized carbons (Fsp3) is 0.556. The van der Waals surface area contributed by atoms with Gasteiger partial charge in [0.05, 0.1) is 22.3 Å². The molecule has 1 amide bonds. The zero-order valence-electron chi connectivity index (χ0n) is 8.89. The molecule has 0 bridgehead atoms. The Balaban J connectivity index is 2.32. The molecule has 0 aromatic carbocycles. The number of hydrogen-bond donors (Lipinski definition) is 0. The molecule has 1 aliphatic heterocycles. The van der Waals surface area contributed by atoms with Gasteiger partial charge in [0.2, 0.25) is 5.91 Å². The summed E-state index contributed by atoms with van der Waals surface area (Å²) in [7, 11) is 0. The summed E-state index contributed by atoms with van der Waals surface area (Å²) in [5.41, 5.74) is 0.649. The van der Waals surface area contributed by atoms with E-state index in [0.717, 1.165) is 17.0 Å². The summed E-state index contributed by atoms with van der Waals surface area (Å²) in [6, 6.07) is 0. The minimum atomic E-state index is -0.245. The van der Waals surface area contributed by atoms with Gasteiger partial charge in [-0.05, 0) is 25.4 Å². The minimum Gasteiger partial charge on any atom is -0.273 e. The van der Waals surface area contributed by atoms with E-state index in [1.807, 2.05) is 13.8 Å². The predicted octanol–water partition coefficient (Wildman–Crippen LogP) is 1.27. The van der Waals surface area contributed by atoms with Crippen LogP contribution in [0.5, 0.6) is 0 Å². The fourth-order valence-electron chi connectivity index (χ4n) is 1.70. The van der Waals surface area contributed by atoms with Gasteiger partial charge in [0.25, 0.3) is 0 Å². The highest BCUT2D eigenvalue weighted by atomic mass is 32.1. The smallest absolute Gasteiger partial charge is 0.240 e. The van der Waals surface area contributed by atoms with Gasteiger partial charge in [-0.1, -0.05) is 4.49 Å². The maximum Gasteiger partial charge on any atom is 0.240 e. The first-order chi connectivity index (χ1) is 7.00. The number of rotatable bonds is 1. The van der Waals surface area contributed by atoms with Crippen LogP contribution in [0.25, 0.3) is 0 Å². The average molecular weight is 224 g/mol. The van der Waals surface area contributed by atoms with Crippen LogP contribution < -0.4 is 0 Å². The highest BCUT2D eigenvalue weighted by Gasteiger charge is 2.37. The Labute approximate surface area is 92.0 Å². The van der Waals surface area contributed by atoms with Gasteiger partial charge in [-0.15, -0.1) is 5.10 Å². The zero-order valence-corrected chi connectivity index (χ0v) is 9.71. The number of amides is 1. The largest absolute Gasteiger partial charge is 0.273 e. The van der Waals surface area contributed by atoms with Crippen LogP contribution in [0.15, 0.2) is 11.3 Å². The lowest BCUT2D eigenvalue weighted by atomic mass is 9.98. The molecule has 0 atom stereocenters. The van der Waals surface area contributed by atoms with Crippen LogP contribution in [0.4, 0.5) is 0 Å². The second-order valence-electron chi connectivity index (χ2n) is 4.15. The van der Waals surface area contributed by atoms with E-state index < -0.39 is 0 Å². The van der Waals surface area contributed by atoms with Crippen molar-refractivity contribution in [2.45, 2.75) is 32.7 Å². The molecule has 0 saturated heterocycles. The maximum atomic E-state index is 11.4. The second kappa shape index (κ2) is 3.37. The Morgan fingerprint density at radius 1 is 1.60 bits per heavy atom. The third-order valence-electron chi connectivity index (χ3n) is 2.34. The van der Waals surface area contributed by atoms with Crippen LogP contribution in [-0.4, -0.2) is 31.8 Å². The van der Waals surface area contributed by atoms with Crippen molar-refractivity contribution in [3.63, 3.8) is 0 Å². The van der Waals surface area contributed by atoms with Crippen LogP contribution in [0.3, 0.4) is 0 Å². The van der Waals surface area contributed by atoms with E-state index >= 15 is 0 Å². The van der Waals surface area contributed by atoms with Crippen LogP contribution >= 0.6 is 11.5 Å². The van der Waals surface area contributed by atoms with Gasteiger partial charge in [-0.3, -0.25) is 4.79 Å². The summed E-state index contributed by atoms with van der Waals surface area (Å²) in [5, 5.41) is 9.61. The van der Waals surface area contributed by atoms with E-state index in [1.165, 1.54) is 23.5 Å². The zero-order chi connectivity index (χ0) is 11.1. The van der Waals surface area contributed by atoms with Gasteiger partial charge in [0.15, 0.2) is 0 Å². The molecule has 1 aliphatic rings. The molecule has 15 heavy (non-hydrogen) atoms. The van der Waals surface area contributed by atoms with E-state index in [2.05, 4.69) is 14.7 Å². The first-order valence-corrected chi connectivity index (χ1v) is 5.44. The Kier molecular flexibility index (Phi) is 2.30. The number of carbonyl (C=O) groups excluding carboxylic acids is 1. The molecule has 2 rings (SSSR count). The molecule has 0 spiro atoms. The lowest BCUT2D eigenvalue weighted by Gasteiger charge is -2.27. The molecule has 0 unspecified atom stereocenters. The van der Waals surface area contributed by atoms with Crippen molar-refractivity contribution in [2.75, 3.05) is 0 Å². The molecule has 80 valence electrons. The van der Waals surface area contributed by atoms with Gasteiger partial charge in [-0.2, -0.15) is 5.10 Å². The molecule has 0 radical (unpaired) electrons. The summed E-state index contributed by atoms with van der Waals surface area (Å²) < 4.78 is 3.79. The van der Waals surface area contributed by atoms with E-state index in [4.69, 9.17) is 0 Å². The Morgan fingerprint density at radius 2 is 2.33 bits per heavy atom. The molecule has 0 saturated carbocycles. The molecule has 1 aromatic heterocycles. The van der Waals surface area contributed by atoms with Crippen molar-refractivity contribution >= 4 is 23.2 Å². The molecule has 0 aliphatic carbocycles. The summed E-state index contributed by atoms with van der Waals surface area (Å²) in [4.78, 5) is 12.3. The van der Waals surface area contributed by atoms with Crippen molar-refractivity contribution in [3.05, 3.63) is 11.1 Å². The molecule has 0 N–H and O–H groups in total. The first kappa shape index (κ1) is 10.2. The standard InChI is InChI=1S/C9H12N4OS/c1-6(14)13-9(2,3)4-7(11-13)8-5-10-12-15-8/h5H,4H2,1-3H3. The predicted molar refractivity (Wildman–Crippen MR) is 57.7 cm³/mol. The lowest BCUT2D eigenvalue weighted by Crippen LogP contribution is -2.39. The maximum absolute atomic E-state index is 11.4. The number of aromatic nitrogens is 2. The molecular weight excluding hydrogens is 212 g/mol. The minimum absolute atomic E-state index is 0.0347. The van der Waals surface area contributed by atoms with Crippen LogP contribution in [-0.2, 0) is 4.79 Å². The number of hydrogen-bond acceptors (Lipinski definition) is 5. The normalized spacial score (nSPS) is 19.1. The van der Waals surface area contributed by atoms with Crippen LogP contribution in [0.1, 0.15) is 32.1 Å². The number of carbonyl (C=O) groups is 1. The second-order valence-corrected chi connectivity index (χ2v) is 4.93. The van der Waals surface area contributed by atoms with E-state index in [-0.39, 0.29) is 11.4 Å². The van der Waals surface area contributed by atoms with Gasteiger partial charge in [-0.25, -0.2) is 5.01 Å². The molecule has 5 nitrogen and oxygen atoms in total. The molecule has 2 heterocycles. The summed E-state index contributed by atoms with van der Waals surface area (Å²) in [6.45, 7) is 5.53. The summed E-state index contributed by atoms with van der Waals surface area (Å²) in [6.07, 6.45) is 2.43. The van der Waals surface area contributed by atoms with Crippen molar-refractivity contribution in [1.82, 2.24) is 14.6 Å². The van der Waals surface area contributed by atoms with Crippen LogP contribution in [0.2, 0.25) is 0 Å². The summed E-state index contributed by atoms with van der Waals surface area (Å²) in [5.74, 6) is -0.0347. The Morgan fingerprint density at radius 3 is 2.80 bits per heavy atom. The topological polar surface area (TPSA) is 58.5 Å². The number of nitrogens with zero attached hydrogens (tertiary/aromatic N) is 4. The van der Waals surface area contributed by atoms with Gasteiger partial charge in [0.1, 0.15) is 0 Å². The quantitative estimate of drug-likeness (QED) is 0.721. The van der Waals surface area contributed by atoms with Gasteiger partial charge >= 0.3 is 0 Å². The highest BCUT2D eigenvalue weighted by Crippen LogP contribution is 2.29. The third kappa shape index (κ3) is 1.77.